The highest BCUT2D eigenvalue weighted by molar-refractivity contribution is 8.36. The minimum absolute atomic E-state index is 0.00545. The Bertz CT molecular complexity index is 2070. The van der Waals surface area contributed by atoms with Crippen LogP contribution in [0.4, 0.5) is 0 Å². The molecule has 4 nitrogen and oxygen atoms in total. The van der Waals surface area contributed by atoms with Crippen LogP contribution in [-0.4, -0.2) is 425 Å². The zero-order chi connectivity index (χ0) is 63.3. The van der Waals surface area contributed by atoms with E-state index >= 15 is 0 Å². The number of allylic oxidation sites excluding steroid dienone is 1. The molecule has 58 heteroatoms. The average Bonchev–Trinajstić information content (AvgIpc) is 3.59. The van der Waals surface area contributed by atoms with Crippen LogP contribution in [0.15, 0.2) is 48.7 Å². The van der Waals surface area contributed by atoms with E-state index in [1.54, 1.807) is 0 Å². The molecule has 1 aliphatic carbocycles. The second kappa shape index (κ2) is 36.3. The lowest BCUT2D eigenvalue weighted by molar-refractivity contribution is 0.0767. The van der Waals surface area contributed by atoms with Gasteiger partial charge in [0.15, 0.2) is 0 Å². The fourth-order valence-corrected chi connectivity index (χ4v) is 14.1. The summed E-state index contributed by atoms with van der Waals surface area (Å²) in [5.74, 6) is 0.00545. The van der Waals surface area contributed by atoms with Crippen molar-refractivity contribution in [2.45, 2.75) is 39.5 Å². The van der Waals surface area contributed by atoms with Gasteiger partial charge in [0.1, 0.15) is 5.69 Å². The van der Waals surface area contributed by atoms with E-state index in [4.69, 9.17) is 217 Å². The van der Waals surface area contributed by atoms with Gasteiger partial charge in [-0.3, -0.25) is 9.78 Å². The zero-order valence-electron chi connectivity index (χ0n) is 48.8. The number of hydrogen-bond acceptors (Lipinski definition) is 3. The second-order valence-corrected chi connectivity index (χ2v) is 23.3. The average molecular weight is 973 g/mol. The molecule has 56 radical (unpaired) electrons. The highest BCUT2D eigenvalue weighted by Gasteiger charge is 2.61. The number of benzene rings is 1. The van der Waals surface area contributed by atoms with Crippen LogP contribution < -0.4 is 5.32 Å². The molecule has 1 saturated heterocycles. The quantitative estimate of drug-likeness (QED) is 0.0826. The van der Waals surface area contributed by atoms with Crippen molar-refractivity contribution in [2.24, 2.45) is 5.41 Å². The summed E-state index contributed by atoms with van der Waals surface area (Å²) in [5, 5.41) is 3.56. The summed E-state index contributed by atoms with van der Waals surface area (Å²) in [4.78, 5) is 19.0. The Labute approximate surface area is 551 Å². The molecule has 2 aliphatic rings. The molecule has 4 rings (SSSR count). The molecule has 2 heterocycles. The minimum atomic E-state index is -1.44. The number of carbonyl (C=O) groups excluding carboxylic acids is 1. The number of nitrogens with zero attached hydrogens (tertiary/aromatic N) is 2. The highest BCUT2D eigenvalue weighted by Crippen LogP contribution is 2.45. The molecule has 1 N–H and O–H groups in total. The Morgan fingerprint density at radius 3 is 1.08 bits per heavy atom. The van der Waals surface area contributed by atoms with E-state index in [9.17, 15) is 4.79 Å². The smallest absolute Gasteiger partial charge is 0.272 e. The zero-order valence-corrected chi connectivity index (χ0v) is 48.8. The molecule has 1 unspecified atom stereocenters. The first kappa shape index (κ1) is 78.3. The lowest BCUT2D eigenvalue weighted by Crippen LogP contribution is -2.96. The Kier molecular flexibility index (Phi) is 34.3. The monoisotopic (exact) mass is 984 g/mol. The second-order valence-electron chi connectivity index (χ2n) is 23.3. The van der Waals surface area contributed by atoms with E-state index in [2.05, 4.69) is 46.7 Å². The molecule has 314 valence electrons. The van der Waals surface area contributed by atoms with Crippen molar-refractivity contribution in [3.05, 3.63) is 71.1 Å². The Morgan fingerprint density at radius 1 is 0.446 bits per heavy atom. The first-order valence-electron chi connectivity index (χ1n) is 28.6. The van der Waals surface area contributed by atoms with Crippen LogP contribution in [-0.2, 0) is 6.42 Å². The van der Waals surface area contributed by atoms with Crippen LogP contribution in [0, 0.1) is 5.41 Å². The van der Waals surface area contributed by atoms with Gasteiger partial charge >= 0.3 is 0 Å². The maximum absolute atomic E-state index is 12.6. The summed E-state index contributed by atoms with van der Waals surface area (Å²) >= 11 is 0. The summed E-state index contributed by atoms with van der Waals surface area (Å²) in [6.45, 7) is 7.58. The third kappa shape index (κ3) is 20.5. The molecule has 0 bridgehead atoms. The van der Waals surface area contributed by atoms with Gasteiger partial charge in [0.05, 0.1) is 0 Å². The maximum Gasteiger partial charge on any atom is 0.272 e. The summed E-state index contributed by atoms with van der Waals surface area (Å²) in [5.41, 5.74) is 5.83. The molecule has 1 fully saturated rings. The van der Waals surface area contributed by atoms with E-state index in [1.807, 2.05) is 31.0 Å². The Hall–Kier alpha value is 1.05. The van der Waals surface area contributed by atoms with E-state index in [1.165, 1.54) is 29.5 Å². The molecule has 1 spiro atoms. The van der Waals surface area contributed by atoms with Crippen LogP contribution >= 0.6 is 0 Å². The van der Waals surface area contributed by atoms with E-state index in [-0.39, 0.29) is 11.3 Å². The molecule has 1 atom stereocenters. The predicted octanol–water partition coefficient (Wildman–Crippen LogP) is -16.3. The van der Waals surface area contributed by atoms with Gasteiger partial charge in [0.25, 0.3) is 5.91 Å². The van der Waals surface area contributed by atoms with E-state index in [0.29, 0.717) is 18.8 Å². The number of amides is 1. The van der Waals surface area contributed by atoms with Crippen LogP contribution in [0.25, 0.3) is 5.57 Å². The lowest BCUT2D eigenvalue weighted by atomic mass is 8.24. The highest BCUT2D eigenvalue weighted by atomic mass is 16.2. The number of aromatic nitrogens is 1. The number of pyridine rings is 1. The van der Waals surface area contributed by atoms with Crippen molar-refractivity contribution in [1.82, 2.24) is 15.2 Å². The fourth-order valence-electron chi connectivity index (χ4n) is 14.1. The summed E-state index contributed by atoms with van der Waals surface area (Å²) in [6, 6.07) is 12.7. The summed E-state index contributed by atoms with van der Waals surface area (Å²) in [7, 11) is 182. The van der Waals surface area contributed by atoms with Crippen LogP contribution in [0.5, 0.6) is 0 Å². The normalized spacial score (nSPS) is 13.7. The van der Waals surface area contributed by atoms with Crippen molar-refractivity contribution in [3.63, 3.8) is 0 Å². The topological polar surface area (TPSA) is 45.2 Å². The lowest BCUT2D eigenvalue weighted by Gasteiger charge is -2.58. The molecular weight excluding hydrogens is 942 g/mol. The largest absolute Gasteiger partial charge is 0.338 e. The van der Waals surface area contributed by atoms with Crippen LogP contribution in [0.2, 0.25) is 0 Å². The Balaban J connectivity index is 0.000000514. The van der Waals surface area contributed by atoms with Gasteiger partial charge in [-0.25, -0.2) is 0 Å². The van der Waals surface area contributed by atoms with E-state index in [0.717, 1.165) is 31.5 Å². The molecule has 2 aromatic rings. The molecule has 83 heavy (non-hydrogen) atoms. The molecule has 0 saturated carbocycles. The third-order valence-corrected chi connectivity index (χ3v) is 17.6. The van der Waals surface area contributed by atoms with Crippen molar-refractivity contribution < 1.29 is 4.79 Å². The SMILES string of the molecule is CCN(CC)C(=O)c1ccc(C2=CC3(CCCNCC3)Cc3ccccc32)cn1.[B]B([B])B(B([B])[B])B(B(B([B])[B])B([B])[B])B(B(B([B])[B])B([B])[B])B(B(B(B([B])[B])B([B])[B])B(B([B])[B])B([B])[B])B(B(B([B])[B])B([B])[B])B(B([B])[B])B([B])[B]. The van der Waals surface area contributed by atoms with Crippen molar-refractivity contribution in [1.29, 1.82) is 0 Å². The van der Waals surface area contributed by atoms with Crippen LogP contribution in [0.3, 0.4) is 0 Å². The maximum atomic E-state index is 12.6. The third-order valence-electron chi connectivity index (χ3n) is 17.6. The van der Waals surface area contributed by atoms with Gasteiger partial charge in [-0.2, -0.15) is 0 Å². The van der Waals surface area contributed by atoms with Gasteiger partial charge in [-0.05, 0) is 80.8 Å². The van der Waals surface area contributed by atoms with Gasteiger partial charge < -0.3 is 10.2 Å². The fraction of sp³-hybridized carbons (Fsp3) is 0.440. The van der Waals surface area contributed by atoms with Crippen LogP contribution in [0.1, 0.15) is 60.3 Å². The number of fused-ring (bicyclic) bond motifs is 1. The van der Waals surface area contributed by atoms with Crippen molar-refractivity contribution in [2.75, 3.05) is 26.2 Å². The summed E-state index contributed by atoms with van der Waals surface area (Å²) < 4.78 is 0. The molecule has 1 aromatic heterocycles. The standard InChI is InChI=1S/C25H31N3O.B54/c1-3-28(4-2)24(29)23-11-10-20(18-27-23)22-17-25(12-7-14-26-15-13-25)16-19-8-5-6-9-21(19)22;1-29(2)43(30(3)4)50(44(31(5)6)32(7)8)53(49(41(25)26)42(27)28)54(51(45(33(9)10)34(11)12)46(35(13)14)36(15)16)52(47(37(17)18)38(19)20)48(39(21)22)40(23)24/h5-6,8-11,17-18,26H,3-4,7,12-16H2,1-2H3;. The first-order valence-corrected chi connectivity index (χ1v) is 28.6. The van der Waals surface area contributed by atoms with Crippen molar-refractivity contribution in [3.8, 4) is 0 Å². The number of carbonyl (C=O) groups is 1. The first-order chi connectivity index (χ1) is 38.7. The number of rotatable bonds is 29. The van der Waals surface area contributed by atoms with Gasteiger partial charge in [0, 0.05) is 408 Å². The van der Waals surface area contributed by atoms with Crippen molar-refractivity contribution >= 4 is 394 Å². The minimum Gasteiger partial charge on any atom is -0.338 e. The molecular formula is C25H31B54N3O. The molecule has 1 aliphatic heterocycles. The summed E-state index contributed by atoms with van der Waals surface area (Å²) in [6.07, 6.45) is -26.0. The van der Waals surface area contributed by atoms with Gasteiger partial charge in [-0.1, -0.05) is 36.4 Å². The predicted molar refractivity (Wildman–Crippen MR) is 429 cm³/mol. The number of nitrogens with one attached hydrogen (secondary N) is 1. The van der Waals surface area contributed by atoms with Gasteiger partial charge in [0.2, 0.25) is 0 Å². The number of hydrogen-bond donors (Lipinski definition) is 1. The molecule has 1 amide bonds. The van der Waals surface area contributed by atoms with E-state index < -0.39 is 166 Å². The molecule has 1 aromatic carbocycles. The Morgan fingerprint density at radius 2 is 0.771 bits per heavy atom. The van der Waals surface area contributed by atoms with Gasteiger partial charge in [-0.15, -0.1) is 0 Å².